The zero-order valence-electron chi connectivity index (χ0n) is 44.9. The number of benzene rings is 1. The monoisotopic (exact) mass is 1000 g/mol. The molecule has 71 heavy (non-hydrogen) atoms. The summed E-state index contributed by atoms with van der Waals surface area (Å²) >= 11 is 1.50. The summed E-state index contributed by atoms with van der Waals surface area (Å²) in [5.41, 5.74) is 0.833. The van der Waals surface area contributed by atoms with E-state index in [0.717, 1.165) is 36.3 Å². The lowest BCUT2D eigenvalue weighted by Crippen LogP contribution is -2.62. The summed E-state index contributed by atoms with van der Waals surface area (Å²) in [7, 11) is 9.52. The zero-order valence-corrected chi connectivity index (χ0v) is 45.7. The summed E-state index contributed by atoms with van der Waals surface area (Å²) in [5, 5.41) is 2.74. The average Bonchev–Trinajstić information content (AvgIpc) is 4.16. The maximum Gasteiger partial charge on any atom is 0.246 e. The van der Waals surface area contributed by atoms with Crippen LogP contribution in [0.4, 0.5) is 0 Å². The molecule has 8 atom stereocenters. The maximum atomic E-state index is 15.0. The Morgan fingerprint density at radius 3 is 1.83 bits per heavy atom. The molecule has 392 valence electrons. The molecule has 0 aliphatic carbocycles. The molecule has 2 saturated heterocycles. The minimum absolute atomic E-state index is 0.167. The number of methoxy groups -OCH3 is 1. The van der Waals surface area contributed by atoms with Gasteiger partial charge in [0.15, 0.2) is 0 Å². The highest BCUT2D eigenvalue weighted by atomic mass is 32.1. The molecule has 2 aromatic rings. The Labute approximate surface area is 427 Å². The van der Waals surface area contributed by atoms with Crippen molar-refractivity contribution in [3.63, 3.8) is 0 Å². The van der Waals surface area contributed by atoms with E-state index in [2.05, 4.69) is 10.9 Å². The molecule has 2 aliphatic heterocycles. The third-order valence-electron chi connectivity index (χ3n) is 14.6. The van der Waals surface area contributed by atoms with Crippen molar-refractivity contribution in [2.24, 2.45) is 23.7 Å². The third kappa shape index (κ3) is 13.7. The van der Waals surface area contributed by atoms with Crippen molar-refractivity contribution in [1.82, 2.24) is 39.3 Å². The van der Waals surface area contributed by atoms with Crippen LogP contribution in [0.25, 0.3) is 0 Å². The minimum atomic E-state index is -1.01. The topological polar surface area (TPSA) is 164 Å². The van der Waals surface area contributed by atoms with Gasteiger partial charge in [-0.1, -0.05) is 67.0 Å². The van der Waals surface area contributed by atoms with Gasteiger partial charge in [-0.2, -0.15) is 0 Å². The highest BCUT2D eigenvalue weighted by Crippen LogP contribution is 2.35. The molecule has 0 spiro atoms. The van der Waals surface area contributed by atoms with Crippen molar-refractivity contribution >= 4 is 52.7 Å². The van der Waals surface area contributed by atoms with E-state index < -0.39 is 65.8 Å². The first-order valence-electron chi connectivity index (χ1n) is 25.4. The maximum absolute atomic E-state index is 15.0. The molecule has 1 aromatic carbocycles. The number of carbonyl (C=O) groups excluding carboxylic acids is 7. The molecule has 2 aliphatic rings. The molecular weight excluding hydrogens is 921 g/mol. The van der Waals surface area contributed by atoms with Gasteiger partial charge in [-0.3, -0.25) is 33.6 Å². The van der Waals surface area contributed by atoms with Crippen LogP contribution in [-0.4, -0.2) is 172 Å². The Morgan fingerprint density at radius 1 is 0.704 bits per heavy atom. The molecule has 0 N–H and O–H groups in total. The lowest BCUT2D eigenvalue weighted by molar-refractivity contribution is -0.158. The van der Waals surface area contributed by atoms with Crippen LogP contribution in [-0.2, 0) is 40.0 Å². The molecule has 17 heteroatoms. The van der Waals surface area contributed by atoms with Gasteiger partial charge in [0.1, 0.15) is 47.0 Å². The van der Waals surface area contributed by atoms with Gasteiger partial charge < -0.3 is 39.0 Å². The predicted molar refractivity (Wildman–Crippen MR) is 277 cm³/mol. The first-order chi connectivity index (χ1) is 33.5. The molecule has 0 unspecified atom stereocenters. The number of likely N-dealkylation sites (N-methyl/N-ethyl adjacent to an activating group) is 5. The van der Waals surface area contributed by atoms with E-state index in [9.17, 15) is 33.6 Å². The second kappa shape index (κ2) is 26.3. The summed E-state index contributed by atoms with van der Waals surface area (Å²) in [4.78, 5) is 117. The minimum Gasteiger partial charge on any atom is -0.497 e. The summed E-state index contributed by atoms with van der Waals surface area (Å²) in [6, 6.07) is 1.61. The molecule has 1 aromatic heterocycles. The Morgan fingerprint density at radius 2 is 1.27 bits per heavy atom. The summed E-state index contributed by atoms with van der Waals surface area (Å²) in [6.07, 6.45) is 12.7. The molecule has 0 radical (unpaired) electrons. The number of thiazole rings is 1. The Hall–Kier alpha value is -5.50. The van der Waals surface area contributed by atoms with E-state index in [0.29, 0.717) is 38.0 Å². The van der Waals surface area contributed by atoms with E-state index >= 15 is 0 Å². The zero-order chi connectivity index (χ0) is 53.0. The lowest BCUT2D eigenvalue weighted by Gasteiger charge is -2.41. The van der Waals surface area contributed by atoms with E-state index in [4.69, 9.17) is 11.2 Å². The summed E-state index contributed by atoms with van der Waals surface area (Å²) in [6.45, 7) is 15.4. The van der Waals surface area contributed by atoms with Gasteiger partial charge in [-0.05, 0) is 80.9 Å². The van der Waals surface area contributed by atoms with Crippen molar-refractivity contribution in [2.45, 2.75) is 155 Å². The van der Waals surface area contributed by atoms with Gasteiger partial charge in [0, 0.05) is 78.7 Å². The second-order valence-corrected chi connectivity index (χ2v) is 21.6. The number of terminal acetylenes is 1. The molecule has 4 rings (SSSR count). The first-order valence-corrected chi connectivity index (χ1v) is 26.3. The first kappa shape index (κ1) is 58.1. The normalized spacial score (nSPS) is 18.3. The van der Waals surface area contributed by atoms with Crippen molar-refractivity contribution in [2.75, 3.05) is 55.4 Å². The van der Waals surface area contributed by atoms with Crippen molar-refractivity contribution in [3.05, 3.63) is 46.4 Å². The molecule has 0 bridgehead atoms. The summed E-state index contributed by atoms with van der Waals surface area (Å²) in [5.74, 6) is -0.574. The van der Waals surface area contributed by atoms with Crippen LogP contribution in [0.15, 0.2) is 35.8 Å². The van der Waals surface area contributed by atoms with Crippen LogP contribution in [0.1, 0.15) is 123 Å². The van der Waals surface area contributed by atoms with Crippen molar-refractivity contribution < 1.29 is 38.3 Å². The Bertz CT molecular complexity index is 2180. The standard InChI is InChI=1S/C54H82N8O8S/c1-16-17-18-19-22-37(8)48(63)56(10)38(9)49(64)58(12)46(36(6)7)54(69)62-31-21-24-42(62)50(65)59(13)45(35(4)5)53(68)60(14)44(34(2)3)52(67)57(11)43(33-39-25-27-40(70-15)28-26-39)51(66)61-30-20-23-41(61)47-55-29-32-71-47/h1,25-29,32,34-38,41-46H,17-24,30-31,33H2,2-15H3/t37-,38+,41+,42+,43+,44+,45+,46+/m1/s1. The van der Waals surface area contributed by atoms with Crippen LogP contribution in [0, 0.1) is 36.0 Å². The average molecular weight is 1000 g/mol. The fourth-order valence-corrected chi connectivity index (χ4v) is 11.2. The predicted octanol–water partition coefficient (Wildman–Crippen LogP) is 6.00. The molecule has 3 heterocycles. The van der Waals surface area contributed by atoms with Crippen LogP contribution in [0.3, 0.4) is 0 Å². The van der Waals surface area contributed by atoms with E-state index in [-0.39, 0.29) is 54.5 Å². The number of hydrogen-bond donors (Lipinski definition) is 0. The van der Waals surface area contributed by atoms with Crippen molar-refractivity contribution in [1.29, 1.82) is 0 Å². The van der Waals surface area contributed by atoms with Gasteiger partial charge in [0.2, 0.25) is 41.4 Å². The van der Waals surface area contributed by atoms with Gasteiger partial charge in [-0.15, -0.1) is 23.7 Å². The highest BCUT2D eigenvalue weighted by molar-refractivity contribution is 7.09. The Kier molecular flexibility index (Phi) is 21.5. The summed E-state index contributed by atoms with van der Waals surface area (Å²) < 4.78 is 5.38. The molecular formula is C54H82N8O8S. The van der Waals surface area contributed by atoms with E-state index in [1.807, 2.05) is 83.0 Å². The molecule has 7 amide bonds. The van der Waals surface area contributed by atoms with Gasteiger partial charge in [-0.25, -0.2) is 4.98 Å². The van der Waals surface area contributed by atoms with Gasteiger partial charge in [0.05, 0.1) is 13.2 Å². The third-order valence-corrected chi connectivity index (χ3v) is 15.5. The number of nitrogens with zero attached hydrogens (tertiary/aromatic N) is 8. The number of aromatic nitrogens is 1. The molecule has 16 nitrogen and oxygen atoms in total. The number of carbonyl (C=O) groups is 7. The van der Waals surface area contributed by atoms with Gasteiger partial charge in [0.25, 0.3) is 0 Å². The smallest absolute Gasteiger partial charge is 0.246 e. The lowest BCUT2D eigenvalue weighted by atomic mass is 9.95. The van der Waals surface area contributed by atoms with E-state index in [1.165, 1.54) is 40.7 Å². The quantitative estimate of drug-likeness (QED) is 0.0960. The Balaban J connectivity index is 1.56. The van der Waals surface area contributed by atoms with Crippen LogP contribution >= 0.6 is 11.3 Å². The highest BCUT2D eigenvalue weighted by Gasteiger charge is 2.47. The largest absolute Gasteiger partial charge is 0.497 e. The number of hydrogen-bond acceptors (Lipinski definition) is 10. The van der Waals surface area contributed by atoms with Crippen LogP contribution in [0.5, 0.6) is 5.75 Å². The number of amides is 7. The number of unbranched alkanes of at least 4 members (excludes halogenated alkanes) is 2. The van der Waals surface area contributed by atoms with Crippen LogP contribution in [0.2, 0.25) is 0 Å². The number of likely N-dealkylation sites (tertiary alicyclic amines) is 2. The number of ether oxygens (including phenoxy) is 1. The second-order valence-electron chi connectivity index (χ2n) is 20.7. The fourth-order valence-electron chi connectivity index (χ4n) is 10.4. The van der Waals surface area contributed by atoms with E-state index in [1.54, 1.807) is 55.5 Å². The van der Waals surface area contributed by atoms with Crippen molar-refractivity contribution in [3.8, 4) is 18.1 Å². The van der Waals surface area contributed by atoms with Crippen LogP contribution < -0.4 is 4.74 Å². The van der Waals surface area contributed by atoms with Gasteiger partial charge >= 0.3 is 0 Å². The SMILES string of the molecule is C#CCCCC[C@@H](C)C(=O)N(C)[C@@H](C)C(=O)N(C)[C@H](C(=O)N1CCC[C@H]1C(=O)N(C)[C@H](C(=O)N(C)[C@H](C(=O)N(C)[C@@H](Cc1ccc(OC)cc1)C(=O)N1CCC[C@H]1c1nccs1)C(C)C)C(C)C)C(C)C. The molecule has 0 saturated carbocycles. The molecule has 2 fully saturated rings. The fraction of sp³-hybridized carbons (Fsp3) is 0.667. The number of rotatable bonds is 23.